The molecule has 0 unspecified atom stereocenters. The molecule has 2 saturated carbocycles. The van der Waals surface area contributed by atoms with Crippen LogP contribution in [0, 0.1) is 5.92 Å². The van der Waals surface area contributed by atoms with E-state index in [1.165, 1.54) is 19.3 Å². The lowest BCUT2D eigenvalue weighted by molar-refractivity contribution is -0.140. The van der Waals surface area contributed by atoms with Crippen LogP contribution < -0.4 is 0 Å². The van der Waals surface area contributed by atoms with Gasteiger partial charge in [-0.2, -0.15) is 0 Å². The number of ether oxygens (including phenoxy) is 1. The zero-order chi connectivity index (χ0) is 18.6. The summed E-state index contributed by atoms with van der Waals surface area (Å²) in [6.45, 7) is 1.86. The van der Waals surface area contributed by atoms with Gasteiger partial charge in [0.05, 0.1) is 19.3 Å². The third-order valence-corrected chi connectivity index (χ3v) is 6.05. The van der Waals surface area contributed by atoms with Gasteiger partial charge in [0.2, 0.25) is 11.8 Å². The summed E-state index contributed by atoms with van der Waals surface area (Å²) in [6, 6.07) is 10.4. The SMILES string of the molecule is O=C(C1CC1)N1CC(=O)N(C2CCCCC2)C[C@@H](OCc2ccccc2)C1. The van der Waals surface area contributed by atoms with E-state index in [4.69, 9.17) is 4.74 Å². The molecule has 1 atom stereocenters. The van der Waals surface area contributed by atoms with Gasteiger partial charge in [0.15, 0.2) is 0 Å². The van der Waals surface area contributed by atoms with Crippen LogP contribution in [0.3, 0.4) is 0 Å². The maximum atomic E-state index is 13.0. The highest BCUT2D eigenvalue weighted by atomic mass is 16.5. The van der Waals surface area contributed by atoms with Crippen molar-refractivity contribution in [1.29, 1.82) is 0 Å². The first-order valence-electron chi connectivity index (χ1n) is 10.4. The third kappa shape index (κ3) is 4.70. The van der Waals surface area contributed by atoms with Gasteiger partial charge in [-0.1, -0.05) is 49.6 Å². The first kappa shape index (κ1) is 18.5. The monoisotopic (exact) mass is 370 g/mol. The summed E-state index contributed by atoms with van der Waals surface area (Å²) in [6.07, 6.45) is 7.60. The summed E-state index contributed by atoms with van der Waals surface area (Å²) in [5.41, 5.74) is 1.12. The zero-order valence-corrected chi connectivity index (χ0v) is 16.0. The van der Waals surface area contributed by atoms with Gasteiger partial charge in [-0.05, 0) is 31.2 Å². The van der Waals surface area contributed by atoms with Gasteiger partial charge >= 0.3 is 0 Å². The third-order valence-electron chi connectivity index (χ3n) is 6.05. The minimum absolute atomic E-state index is 0.0988. The molecule has 0 aromatic heterocycles. The fourth-order valence-electron chi connectivity index (χ4n) is 4.34. The van der Waals surface area contributed by atoms with E-state index in [0.717, 1.165) is 31.2 Å². The second-order valence-electron chi connectivity index (χ2n) is 8.25. The molecule has 3 aliphatic rings. The van der Waals surface area contributed by atoms with E-state index in [2.05, 4.69) is 0 Å². The van der Waals surface area contributed by atoms with Crippen molar-refractivity contribution in [3.8, 4) is 0 Å². The van der Waals surface area contributed by atoms with Crippen molar-refractivity contribution in [3.63, 3.8) is 0 Å². The molecule has 0 bridgehead atoms. The molecule has 5 nitrogen and oxygen atoms in total. The van der Waals surface area contributed by atoms with E-state index in [0.29, 0.717) is 25.7 Å². The summed E-state index contributed by atoms with van der Waals surface area (Å²) in [5.74, 6) is 0.373. The molecular weight excluding hydrogens is 340 g/mol. The van der Waals surface area contributed by atoms with Gasteiger partial charge in [-0.15, -0.1) is 0 Å². The van der Waals surface area contributed by atoms with Crippen molar-refractivity contribution in [2.75, 3.05) is 19.6 Å². The molecule has 3 fully saturated rings. The largest absolute Gasteiger partial charge is 0.370 e. The fourth-order valence-corrected chi connectivity index (χ4v) is 4.34. The molecular formula is C22H30N2O3. The van der Waals surface area contributed by atoms with Crippen LogP contribution in [-0.2, 0) is 20.9 Å². The summed E-state index contributed by atoms with van der Waals surface area (Å²) < 4.78 is 6.21. The lowest BCUT2D eigenvalue weighted by Crippen LogP contribution is -2.46. The van der Waals surface area contributed by atoms with Gasteiger partial charge in [-0.25, -0.2) is 0 Å². The predicted molar refractivity (Wildman–Crippen MR) is 103 cm³/mol. The second kappa shape index (κ2) is 8.42. The summed E-state index contributed by atoms with van der Waals surface area (Å²) in [7, 11) is 0. The average Bonchev–Trinajstić information content (AvgIpc) is 3.55. The fraction of sp³-hybridized carbons (Fsp3) is 0.636. The van der Waals surface area contributed by atoms with E-state index >= 15 is 0 Å². The van der Waals surface area contributed by atoms with Gasteiger partial charge in [0.25, 0.3) is 0 Å². The first-order chi connectivity index (χ1) is 13.2. The van der Waals surface area contributed by atoms with Gasteiger partial charge < -0.3 is 14.5 Å². The smallest absolute Gasteiger partial charge is 0.242 e. The summed E-state index contributed by atoms with van der Waals surface area (Å²) >= 11 is 0. The van der Waals surface area contributed by atoms with Crippen LogP contribution in [0.1, 0.15) is 50.5 Å². The maximum Gasteiger partial charge on any atom is 0.242 e. The van der Waals surface area contributed by atoms with Crippen LogP contribution in [0.25, 0.3) is 0 Å². The van der Waals surface area contributed by atoms with E-state index in [-0.39, 0.29) is 30.4 Å². The van der Waals surface area contributed by atoms with Gasteiger partial charge in [0.1, 0.15) is 0 Å². The molecule has 0 N–H and O–H groups in total. The topological polar surface area (TPSA) is 49.9 Å². The minimum atomic E-state index is -0.124. The highest BCUT2D eigenvalue weighted by Crippen LogP contribution is 2.32. The Morgan fingerprint density at radius 3 is 2.44 bits per heavy atom. The van der Waals surface area contributed by atoms with Gasteiger partial charge in [0, 0.05) is 25.0 Å². The Balaban J connectivity index is 1.47. The molecule has 1 aliphatic heterocycles. The van der Waals surface area contributed by atoms with E-state index < -0.39 is 0 Å². The maximum absolute atomic E-state index is 13.0. The van der Waals surface area contributed by atoms with Crippen molar-refractivity contribution in [1.82, 2.24) is 9.80 Å². The number of amides is 2. The Morgan fingerprint density at radius 1 is 1.00 bits per heavy atom. The van der Waals surface area contributed by atoms with Crippen molar-refractivity contribution in [2.24, 2.45) is 5.92 Å². The zero-order valence-electron chi connectivity index (χ0n) is 16.0. The van der Waals surface area contributed by atoms with Crippen LogP contribution in [0.4, 0.5) is 0 Å². The lowest BCUT2D eigenvalue weighted by atomic mass is 9.94. The molecule has 1 saturated heterocycles. The molecule has 2 aliphatic carbocycles. The number of benzene rings is 1. The van der Waals surface area contributed by atoms with Crippen molar-refractivity contribution in [3.05, 3.63) is 35.9 Å². The first-order valence-corrected chi connectivity index (χ1v) is 10.4. The summed E-state index contributed by atoms with van der Waals surface area (Å²) in [5, 5.41) is 0. The normalized spacial score (nSPS) is 24.7. The molecule has 27 heavy (non-hydrogen) atoms. The Kier molecular flexibility index (Phi) is 5.77. The molecule has 0 spiro atoms. The van der Waals surface area contributed by atoms with Crippen LogP contribution >= 0.6 is 0 Å². The van der Waals surface area contributed by atoms with Crippen LogP contribution in [-0.4, -0.2) is 53.4 Å². The number of carbonyl (C=O) groups excluding carboxylic acids is 2. The van der Waals surface area contributed by atoms with Crippen LogP contribution in [0.5, 0.6) is 0 Å². The number of hydrogen-bond acceptors (Lipinski definition) is 3. The van der Waals surface area contributed by atoms with Crippen LogP contribution in [0.15, 0.2) is 30.3 Å². The quantitative estimate of drug-likeness (QED) is 0.801. The molecule has 1 aromatic rings. The Labute approximate surface area is 161 Å². The molecule has 0 radical (unpaired) electrons. The Hall–Kier alpha value is -1.88. The highest BCUT2D eigenvalue weighted by Gasteiger charge is 2.39. The average molecular weight is 370 g/mol. The standard InChI is InChI=1S/C22H30N2O3/c25-21-15-23(22(26)18-11-12-18)13-20(27-16-17-7-3-1-4-8-17)14-24(21)19-9-5-2-6-10-19/h1,3-4,7-8,18-20H,2,5-6,9-16H2/t20-/m0/s1. The molecule has 1 aromatic carbocycles. The molecule has 4 rings (SSSR count). The van der Waals surface area contributed by atoms with Crippen molar-refractivity contribution >= 4 is 11.8 Å². The van der Waals surface area contributed by atoms with E-state index in [1.807, 2.05) is 35.2 Å². The van der Waals surface area contributed by atoms with Crippen molar-refractivity contribution < 1.29 is 14.3 Å². The van der Waals surface area contributed by atoms with Crippen LogP contribution in [0.2, 0.25) is 0 Å². The number of carbonyl (C=O) groups is 2. The van der Waals surface area contributed by atoms with E-state index in [9.17, 15) is 9.59 Å². The molecule has 1 heterocycles. The second-order valence-corrected chi connectivity index (χ2v) is 8.25. The van der Waals surface area contributed by atoms with E-state index in [1.54, 1.807) is 4.90 Å². The Bertz CT molecular complexity index is 653. The molecule has 2 amide bonds. The lowest BCUT2D eigenvalue weighted by Gasteiger charge is -2.34. The molecule has 5 heteroatoms. The van der Waals surface area contributed by atoms with Gasteiger partial charge in [-0.3, -0.25) is 9.59 Å². The van der Waals surface area contributed by atoms with Crippen molar-refractivity contribution in [2.45, 2.75) is 63.7 Å². The predicted octanol–water partition coefficient (Wildman–Crippen LogP) is 2.99. The number of rotatable bonds is 5. The number of hydrogen-bond donors (Lipinski definition) is 0. The highest BCUT2D eigenvalue weighted by molar-refractivity contribution is 5.87. The number of nitrogens with zero attached hydrogens (tertiary/aromatic N) is 2. The molecule has 146 valence electrons. The summed E-state index contributed by atoms with van der Waals surface area (Å²) in [4.78, 5) is 29.4. The minimum Gasteiger partial charge on any atom is -0.370 e. The Morgan fingerprint density at radius 2 is 1.74 bits per heavy atom.